The van der Waals surface area contributed by atoms with Crippen LogP contribution >= 0.6 is 11.3 Å². The van der Waals surface area contributed by atoms with Crippen molar-refractivity contribution >= 4 is 37.5 Å². The van der Waals surface area contributed by atoms with Gasteiger partial charge >= 0.3 is 0 Å². The molecule has 0 aliphatic carbocycles. The SMILES string of the molecule is CN1CCN(S(=O)(=O)c2cccc(C(=O)N3CCCC3c3nc4ccccc4s3)c2)CC1. The smallest absolute Gasteiger partial charge is 0.254 e. The van der Waals surface area contributed by atoms with Gasteiger partial charge in [0.2, 0.25) is 10.0 Å². The minimum Gasteiger partial charge on any atom is -0.329 e. The Bertz CT molecular complexity index is 1220. The number of fused-ring (bicyclic) bond motifs is 1. The van der Waals surface area contributed by atoms with Gasteiger partial charge in [0.05, 0.1) is 21.2 Å². The fourth-order valence-electron chi connectivity index (χ4n) is 4.43. The Morgan fingerprint density at radius 1 is 1.03 bits per heavy atom. The lowest BCUT2D eigenvalue weighted by Crippen LogP contribution is -2.47. The van der Waals surface area contributed by atoms with Crippen molar-refractivity contribution in [2.45, 2.75) is 23.8 Å². The first-order chi connectivity index (χ1) is 15.4. The van der Waals surface area contributed by atoms with E-state index in [0.29, 0.717) is 38.3 Å². The summed E-state index contributed by atoms with van der Waals surface area (Å²) in [5, 5.41) is 0.943. The second kappa shape index (κ2) is 8.55. The van der Waals surface area contributed by atoms with Crippen molar-refractivity contribution in [3.05, 3.63) is 59.1 Å². The number of rotatable bonds is 4. The summed E-state index contributed by atoms with van der Waals surface area (Å²) in [6.07, 6.45) is 1.77. The number of nitrogens with zero attached hydrogens (tertiary/aromatic N) is 4. The van der Waals surface area contributed by atoms with Crippen LogP contribution in [0.25, 0.3) is 10.2 Å². The maximum absolute atomic E-state index is 13.4. The van der Waals surface area contributed by atoms with Crippen molar-refractivity contribution in [1.29, 1.82) is 0 Å². The lowest BCUT2D eigenvalue weighted by Gasteiger charge is -2.31. The van der Waals surface area contributed by atoms with Crippen molar-refractivity contribution in [2.24, 2.45) is 0 Å². The number of aromatic nitrogens is 1. The fourth-order valence-corrected chi connectivity index (χ4v) is 7.02. The molecular formula is C23H26N4O3S2. The maximum atomic E-state index is 13.4. The highest BCUT2D eigenvalue weighted by molar-refractivity contribution is 7.89. The first kappa shape index (κ1) is 21.5. The Hall–Kier alpha value is -2.33. The van der Waals surface area contributed by atoms with E-state index in [-0.39, 0.29) is 16.8 Å². The molecule has 2 fully saturated rings. The van der Waals surface area contributed by atoms with Crippen molar-refractivity contribution in [3.8, 4) is 0 Å². The van der Waals surface area contributed by atoms with E-state index in [1.165, 1.54) is 10.4 Å². The van der Waals surface area contributed by atoms with Crippen molar-refractivity contribution < 1.29 is 13.2 Å². The molecular weight excluding hydrogens is 444 g/mol. The lowest BCUT2D eigenvalue weighted by molar-refractivity contribution is 0.0735. The van der Waals surface area contributed by atoms with Gasteiger partial charge in [-0.05, 0) is 50.2 Å². The molecule has 0 saturated carbocycles. The molecule has 2 saturated heterocycles. The van der Waals surface area contributed by atoms with E-state index >= 15 is 0 Å². The number of likely N-dealkylation sites (N-methyl/N-ethyl adjacent to an activating group) is 1. The third kappa shape index (κ3) is 3.94. The van der Waals surface area contributed by atoms with Gasteiger partial charge in [-0.2, -0.15) is 4.31 Å². The zero-order valence-corrected chi connectivity index (χ0v) is 19.6. The number of hydrogen-bond donors (Lipinski definition) is 0. The third-order valence-corrected chi connectivity index (χ3v) is 9.32. The number of para-hydroxylation sites is 1. The predicted octanol–water partition coefficient (Wildman–Crippen LogP) is 3.21. The van der Waals surface area contributed by atoms with Gasteiger partial charge in [-0.3, -0.25) is 4.79 Å². The first-order valence-corrected chi connectivity index (χ1v) is 13.1. The lowest BCUT2D eigenvalue weighted by atomic mass is 10.1. The number of carbonyl (C=O) groups excluding carboxylic acids is 1. The molecule has 9 heteroatoms. The Morgan fingerprint density at radius 2 is 1.81 bits per heavy atom. The minimum atomic E-state index is -3.62. The molecule has 0 spiro atoms. The number of likely N-dealkylation sites (tertiary alicyclic amines) is 1. The zero-order chi connectivity index (χ0) is 22.3. The standard InChI is InChI=1S/C23H26N4O3S2/c1-25-12-14-26(15-13-25)32(29,30)18-7-4-6-17(16-18)23(28)27-11-5-9-20(27)22-24-19-8-2-3-10-21(19)31-22/h2-4,6-8,10,16,20H,5,9,11-15H2,1H3. The summed E-state index contributed by atoms with van der Waals surface area (Å²) >= 11 is 1.63. The number of carbonyl (C=O) groups is 1. The highest BCUT2D eigenvalue weighted by Crippen LogP contribution is 2.37. The molecule has 5 rings (SSSR count). The van der Waals surface area contributed by atoms with Crippen LogP contribution in [0.4, 0.5) is 0 Å². The Balaban J connectivity index is 1.40. The van der Waals surface area contributed by atoms with Crippen LogP contribution in [0.3, 0.4) is 0 Å². The van der Waals surface area contributed by atoms with Gasteiger partial charge < -0.3 is 9.80 Å². The normalized spacial score (nSPS) is 20.8. The Kier molecular flexibility index (Phi) is 5.75. The van der Waals surface area contributed by atoms with Crippen LogP contribution in [0.15, 0.2) is 53.4 Å². The quantitative estimate of drug-likeness (QED) is 0.585. The van der Waals surface area contributed by atoms with Gasteiger partial charge in [-0.15, -0.1) is 11.3 Å². The summed E-state index contributed by atoms with van der Waals surface area (Å²) in [6, 6.07) is 14.4. The molecule has 168 valence electrons. The molecule has 2 aliphatic heterocycles. The van der Waals surface area contributed by atoms with Gasteiger partial charge in [0.15, 0.2) is 0 Å². The molecule has 2 aromatic carbocycles. The number of amides is 1. The number of thiazole rings is 1. The molecule has 1 amide bonds. The van der Waals surface area contributed by atoms with Gasteiger partial charge in [0.25, 0.3) is 5.91 Å². The number of sulfonamides is 1. The van der Waals surface area contributed by atoms with Gasteiger partial charge in [0, 0.05) is 38.3 Å². The van der Waals surface area contributed by atoms with Crippen LogP contribution in [0, 0.1) is 0 Å². The molecule has 1 unspecified atom stereocenters. The summed E-state index contributed by atoms with van der Waals surface area (Å²) in [6.45, 7) is 2.98. The number of benzene rings is 2. The predicted molar refractivity (Wildman–Crippen MR) is 125 cm³/mol. The highest BCUT2D eigenvalue weighted by atomic mass is 32.2. The second-order valence-electron chi connectivity index (χ2n) is 8.41. The minimum absolute atomic E-state index is 0.0715. The van der Waals surface area contributed by atoms with Crippen LogP contribution in [0.5, 0.6) is 0 Å². The highest BCUT2D eigenvalue weighted by Gasteiger charge is 2.34. The van der Waals surface area contributed by atoms with E-state index < -0.39 is 10.0 Å². The molecule has 3 heterocycles. The summed E-state index contributed by atoms with van der Waals surface area (Å²) in [5.41, 5.74) is 1.36. The summed E-state index contributed by atoms with van der Waals surface area (Å²) in [7, 11) is -1.64. The van der Waals surface area contributed by atoms with Gasteiger partial charge in [0.1, 0.15) is 5.01 Å². The van der Waals surface area contributed by atoms with Gasteiger partial charge in [-0.25, -0.2) is 13.4 Å². The number of hydrogen-bond acceptors (Lipinski definition) is 6. The molecule has 3 aromatic rings. The van der Waals surface area contributed by atoms with Crippen molar-refractivity contribution in [1.82, 2.24) is 19.1 Å². The van der Waals surface area contributed by atoms with E-state index in [1.807, 2.05) is 36.2 Å². The van der Waals surface area contributed by atoms with Crippen LogP contribution < -0.4 is 0 Å². The van der Waals surface area contributed by atoms with Gasteiger partial charge in [-0.1, -0.05) is 18.2 Å². The third-order valence-electron chi connectivity index (χ3n) is 6.29. The topological polar surface area (TPSA) is 73.8 Å². The Morgan fingerprint density at radius 3 is 2.59 bits per heavy atom. The fraction of sp³-hybridized carbons (Fsp3) is 0.391. The molecule has 2 aliphatic rings. The Labute approximate surface area is 192 Å². The average molecular weight is 471 g/mol. The van der Waals surface area contributed by atoms with Crippen LogP contribution in [-0.4, -0.2) is 73.2 Å². The molecule has 1 aromatic heterocycles. The van der Waals surface area contributed by atoms with E-state index in [1.54, 1.807) is 29.5 Å². The average Bonchev–Trinajstić information content (AvgIpc) is 3.46. The zero-order valence-electron chi connectivity index (χ0n) is 18.0. The monoisotopic (exact) mass is 470 g/mol. The molecule has 0 bridgehead atoms. The second-order valence-corrected chi connectivity index (χ2v) is 11.4. The maximum Gasteiger partial charge on any atom is 0.254 e. The van der Waals surface area contributed by atoms with E-state index in [2.05, 4.69) is 4.90 Å². The summed E-state index contributed by atoms with van der Waals surface area (Å²) < 4.78 is 28.9. The molecule has 7 nitrogen and oxygen atoms in total. The van der Waals surface area contributed by atoms with Crippen LogP contribution in [0.1, 0.15) is 34.2 Å². The van der Waals surface area contributed by atoms with Crippen LogP contribution in [-0.2, 0) is 10.0 Å². The molecule has 32 heavy (non-hydrogen) atoms. The molecule has 0 radical (unpaired) electrons. The van der Waals surface area contributed by atoms with Crippen LogP contribution in [0.2, 0.25) is 0 Å². The largest absolute Gasteiger partial charge is 0.329 e. The van der Waals surface area contributed by atoms with E-state index in [0.717, 1.165) is 28.1 Å². The summed E-state index contributed by atoms with van der Waals surface area (Å²) in [5.74, 6) is -0.137. The van der Waals surface area contributed by atoms with E-state index in [4.69, 9.17) is 4.98 Å². The first-order valence-electron chi connectivity index (χ1n) is 10.9. The molecule has 1 atom stereocenters. The van der Waals surface area contributed by atoms with Crippen molar-refractivity contribution in [3.63, 3.8) is 0 Å². The van der Waals surface area contributed by atoms with E-state index in [9.17, 15) is 13.2 Å². The summed E-state index contributed by atoms with van der Waals surface area (Å²) in [4.78, 5) is 22.3. The number of piperazine rings is 1. The molecule has 0 N–H and O–H groups in total. The van der Waals surface area contributed by atoms with Crippen molar-refractivity contribution in [2.75, 3.05) is 39.8 Å².